The minimum Gasteiger partial charge on any atom is -0.480 e. The van der Waals surface area contributed by atoms with Crippen molar-refractivity contribution in [2.75, 3.05) is 0 Å². The molecule has 0 saturated carbocycles. The third-order valence-corrected chi connectivity index (χ3v) is 3.35. The van der Waals surface area contributed by atoms with Crippen molar-refractivity contribution in [2.24, 2.45) is 23.1 Å². The lowest BCUT2D eigenvalue weighted by atomic mass is 10.0. The number of primary amides is 2. The first-order chi connectivity index (χ1) is 11.5. The number of nitrogens with two attached hydrogens (primary N) is 3. The van der Waals surface area contributed by atoms with Crippen LogP contribution >= 0.6 is 0 Å². The first-order valence-corrected chi connectivity index (χ1v) is 7.61. The number of carbonyl (C=O) groups is 5. The number of amides is 4. The van der Waals surface area contributed by atoms with E-state index < -0.39 is 54.1 Å². The van der Waals surface area contributed by atoms with E-state index in [0.717, 1.165) is 0 Å². The Hall–Kier alpha value is -2.69. The van der Waals surface area contributed by atoms with Crippen LogP contribution in [0.4, 0.5) is 0 Å². The van der Waals surface area contributed by atoms with Gasteiger partial charge < -0.3 is 32.9 Å². The molecule has 3 unspecified atom stereocenters. The summed E-state index contributed by atoms with van der Waals surface area (Å²) in [5, 5.41) is 13.5. The van der Waals surface area contributed by atoms with Crippen molar-refractivity contribution in [1.82, 2.24) is 10.6 Å². The Bertz CT molecular complexity index is 536. The molecule has 0 fully saturated rings. The molecule has 0 saturated heterocycles. The number of carboxylic acids is 1. The summed E-state index contributed by atoms with van der Waals surface area (Å²) in [6.07, 6.45) is -1.04. The van der Waals surface area contributed by atoms with E-state index in [1.54, 1.807) is 13.8 Å². The Balaban J connectivity index is 5.08. The van der Waals surface area contributed by atoms with Gasteiger partial charge in [-0.15, -0.1) is 0 Å². The number of hydrogen-bond donors (Lipinski definition) is 6. The van der Waals surface area contributed by atoms with Gasteiger partial charge in [-0.1, -0.05) is 13.8 Å². The second-order valence-corrected chi connectivity index (χ2v) is 5.91. The summed E-state index contributed by atoms with van der Waals surface area (Å²) in [6.45, 7) is 3.38. The molecular formula is C14H25N5O6. The largest absolute Gasteiger partial charge is 0.480 e. The minimum atomic E-state index is -1.41. The third kappa shape index (κ3) is 8.65. The molecule has 0 aromatic heterocycles. The molecule has 0 aliphatic rings. The highest BCUT2D eigenvalue weighted by Gasteiger charge is 2.29. The number of aliphatic carboxylic acids is 1. The van der Waals surface area contributed by atoms with Gasteiger partial charge in [0.05, 0.1) is 12.5 Å². The highest BCUT2D eigenvalue weighted by molar-refractivity contribution is 5.94. The molecule has 25 heavy (non-hydrogen) atoms. The highest BCUT2D eigenvalue weighted by Crippen LogP contribution is 2.03. The molecule has 0 radical (unpaired) electrons. The molecule has 3 atom stereocenters. The Labute approximate surface area is 144 Å². The summed E-state index contributed by atoms with van der Waals surface area (Å²) >= 11 is 0. The Kier molecular flexibility index (Phi) is 9.13. The van der Waals surface area contributed by atoms with Crippen LogP contribution in [0.1, 0.15) is 33.1 Å². The zero-order chi connectivity index (χ0) is 19.7. The summed E-state index contributed by atoms with van der Waals surface area (Å²) < 4.78 is 0. The molecule has 0 bridgehead atoms. The molecule has 0 aliphatic carbocycles. The van der Waals surface area contributed by atoms with Gasteiger partial charge in [0.25, 0.3) is 0 Å². The monoisotopic (exact) mass is 359 g/mol. The summed E-state index contributed by atoms with van der Waals surface area (Å²) in [7, 11) is 0. The summed E-state index contributed by atoms with van der Waals surface area (Å²) in [4.78, 5) is 57.2. The highest BCUT2D eigenvalue weighted by atomic mass is 16.4. The number of carbonyl (C=O) groups excluding carboxylic acids is 4. The Morgan fingerprint density at radius 3 is 1.84 bits per heavy atom. The SMILES string of the molecule is CC(C)C(N)C(=O)NC(CC(N)=O)C(=O)NC(CCC(N)=O)C(=O)O. The average molecular weight is 359 g/mol. The summed E-state index contributed by atoms with van der Waals surface area (Å²) in [6, 6.07) is -3.72. The summed E-state index contributed by atoms with van der Waals surface area (Å²) in [5.41, 5.74) is 15.7. The van der Waals surface area contributed by atoms with Crippen molar-refractivity contribution < 1.29 is 29.1 Å². The molecule has 0 heterocycles. The lowest BCUT2D eigenvalue weighted by molar-refractivity contribution is -0.142. The molecule has 11 heteroatoms. The number of nitrogens with one attached hydrogen (secondary N) is 2. The molecule has 0 rings (SSSR count). The molecule has 11 nitrogen and oxygen atoms in total. The Morgan fingerprint density at radius 2 is 1.44 bits per heavy atom. The van der Waals surface area contributed by atoms with Crippen molar-refractivity contribution in [3.8, 4) is 0 Å². The number of hydrogen-bond acceptors (Lipinski definition) is 6. The van der Waals surface area contributed by atoms with Crippen LogP contribution in [0.15, 0.2) is 0 Å². The topological polar surface area (TPSA) is 208 Å². The minimum absolute atomic E-state index is 0.223. The van der Waals surface area contributed by atoms with Crippen LogP contribution in [0.3, 0.4) is 0 Å². The molecule has 4 amide bonds. The van der Waals surface area contributed by atoms with E-state index in [-0.39, 0.29) is 18.8 Å². The van der Waals surface area contributed by atoms with Gasteiger partial charge in [0.1, 0.15) is 12.1 Å². The van der Waals surface area contributed by atoms with Crippen LogP contribution in [-0.2, 0) is 24.0 Å². The zero-order valence-electron chi connectivity index (χ0n) is 14.2. The molecule has 142 valence electrons. The lowest BCUT2D eigenvalue weighted by Gasteiger charge is -2.23. The number of rotatable bonds is 11. The zero-order valence-corrected chi connectivity index (χ0v) is 14.2. The van der Waals surface area contributed by atoms with Gasteiger partial charge in [0.2, 0.25) is 23.6 Å². The van der Waals surface area contributed by atoms with E-state index in [0.29, 0.717) is 0 Å². The van der Waals surface area contributed by atoms with Gasteiger partial charge in [-0.3, -0.25) is 19.2 Å². The maximum absolute atomic E-state index is 12.2. The third-order valence-electron chi connectivity index (χ3n) is 3.35. The molecule has 0 aliphatic heterocycles. The van der Waals surface area contributed by atoms with Gasteiger partial charge in [-0.25, -0.2) is 4.79 Å². The first kappa shape index (κ1) is 22.3. The predicted octanol–water partition coefficient (Wildman–Crippen LogP) is -2.84. The van der Waals surface area contributed by atoms with Crippen molar-refractivity contribution >= 4 is 29.6 Å². The normalized spacial score (nSPS) is 14.2. The second-order valence-electron chi connectivity index (χ2n) is 5.91. The van der Waals surface area contributed by atoms with Crippen LogP contribution in [0, 0.1) is 5.92 Å². The standard InChI is InChI=1S/C14H25N5O6/c1-6(2)11(17)13(23)19-8(5-10(16)21)12(22)18-7(14(24)25)3-4-9(15)20/h6-8,11H,3-5,17H2,1-2H3,(H2,15,20)(H2,16,21)(H,18,22)(H,19,23)(H,24,25). The quantitative estimate of drug-likeness (QED) is 0.227. The van der Waals surface area contributed by atoms with Crippen molar-refractivity contribution in [2.45, 2.75) is 51.2 Å². The van der Waals surface area contributed by atoms with Gasteiger partial charge >= 0.3 is 5.97 Å². The van der Waals surface area contributed by atoms with Crippen LogP contribution in [0.2, 0.25) is 0 Å². The number of carboxylic acid groups (broad SMARTS) is 1. The van der Waals surface area contributed by atoms with E-state index in [2.05, 4.69) is 10.6 Å². The van der Waals surface area contributed by atoms with Crippen molar-refractivity contribution in [3.05, 3.63) is 0 Å². The van der Waals surface area contributed by atoms with E-state index in [1.165, 1.54) is 0 Å². The fraction of sp³-hybridized carbons (Fsp3) is 0.643. The van der Waals surface area contributed by atoms with Gasteiger partial charge in [-0.2, -0.15) is 0 Å². The maximum Gasteiger partial charge on any atom is 0.326 e. The first-order valence-electron chi connectivity index (χ1n) is 7.61. The molecule has 0 aromatic carbocycles. The van der Waals surface area contributed by atoms with Gasteiger partial charge in [0, 0.05) is 6.42 Å². The molecular weight excluding hydrogens is 334 g/mol. The van der Waals surface area contributed by atoms with E-state index >= 15 is 0 Å². The van der Waals surface area contributed by atoms with Crippen LogP contribution < -0.4 is 27.8 Å². The van der Waals surface area contributed by atoms with Crippen LogP contribution in [-0.4, -0.2) is 52.8 Å². The van der Waals surface area contributed by atoms with E-state index in [9.17, 15) is 24.0 Å². The molecule has 0 aromatic rings. The molecule has 0 spiro atoms. The Morgan fingerprint density at radius 1 is 0.920 bits per heavy atom. The van der Waals surface area contributed by atoms with Crippen LogP contribution in [0.5, 0.6) is 0 Å². The fourth-order valence-electron chi connectivity index (χ4n) is 1.80. The van der Waals surface area contributed by atoms with Gasteiger partial charge in [-0.05, 0) is 12.3 Å². The molecule has 9 N–H and O–H groups in total. The summed E-state index contributed by atoms with van der Waals surface area (Å²) in [5.74, 6) is -4.83. The van der Waals surface area contributed by atoms with Crippen molar-refractivity contribution in [3.63, 3.8) is 0 Å². The second kappa shape index (κ2) is 10.2. The fourth-order valence-corrected chi connectivity index (χ4v) is 1.80. The maximum atomic E-state index is 12.2. The average Bonchev–Trinajstić information content (AvgIpc) is 2.48. The van der Waals surface area contributed by atoms with E-state index in [1.807, 2.05) is 0 Å². The predicted molar refractivity (Wildman–Crippen MR) is 86.6 cm³/mol. The lowest BCUT2D eigenvalue weighted by Crippen LogP contribution is -2.56. The van der Waals surface area contributed by atoms with Gasteiger partial charge in [0.15, 0.2) is 0 Å². The van der Waals surface area contributed by atoms with Crippen molar-refractivity contribution in [1.29, 1.82) is 0 Å². The van der Waals surface area contributed by atoms with E-state index in [4.69, 9.17) is 22.3 Å². The van der Waals surface area contributed by atoms with Crippen LogP contribution in [0.25, 0.3) is 0 Å². The smallest absolute Gasteiger partial charge is 0.326 e.